The van der Waals surface area contributed by atoms with Gasteiger partial charge in [-0.1, -0.05) is 6.07 Å². The van der Waals surface area contributed by atoms with Crippen LogP contribution in [-0.2, 0) is 35.8 Å². The minimum atomic E-state index is -4.76. The molecule has 0 radical (unpaired) electrons. The maximum absolute atomic E-state index is 14.4. The Morgan fingerprint density at radius 3 is 2.48 bits per heavy atom. The van der Waals surface area contributed by atoms with Crippen LogP contribution in [-0.4, -0.2) is 69.1 Å². The summed E-state index contributed by atoms with van der Waals surface area (Å²) in [5.41, 5.74) is 0.310. The summed E-state index contributed by atoms with van der Waals surface area (Å²) >= 11 is 0. The smallest absolute Gasteiger partial charge is 0.416 e. The summed E-state index contributed by atoms with van der Waals surface area (Å²) in [4.78, 5) is 33.0. The Morgan fingerprint density at radius 2 is 1.84 bits per heavy atom. The zero-order valence-corrected chi connectivity index (χ0v) is 28.5. The number of aromatic nitrogens is 4. The van der Waals surface area contributed by atoms with Crippen LogP contribution in [0.3, 0.4) is 0 Å². The van der Waals surface area contributed by atoms with Crippen molar-refractivity contribution in [3.8, 4) is 34.5 Å². The van der Waals surface area contributed by atoms with Crippen LogP contribution < -0.4 is 9.64 Å². The van der Waals surface area contributed by atoms with Gasteiger partial charge in [0.2, 0.25) is 5.88 Å². The minimum absolute atomic E-state index is 0.0246. The highest BCUT2D eigenvalue weighted by Gasteiger charge is 2.41. The molecule has 0 N–H and O–H groups in total. The number of carbonyl (C=O) groups excluding carboxylic acids is 2. The number of benzene rings is 2. The molecular weight excluding hydrogens is 655 g/mol. The Morgan fingerprint density at radius 1 is 1.08 bits per heavy atom. The van der Waals surface area contributed by atoms with Crippen LogP contribution in [0.5, 0.6) is 5.88 Å². The van der Waals surface area contributed by atoms with Crippen molar-refractivity contribution in [3.63, 3.8) is 0 Å². The number of nitrogens with zero attached hydrogens (tertiary/aromatic N) is 7. The molecule has 5 rings (SSSR count). The fourth-order valence-corrected chi connectivity index (χ4v) is 5.40. The van der Waals surface area contributed by atoms with E-state index in [0.717, 1.165) is 6.07 Å². The van der Waals surface area contributed by atoms with Crippen molar-refractivity contribution in [2.24, 2.45) is 7.05 Å². The van der Waals surface area contributed by atoms with Crippen LogP contribution in [0.4, 0.5) is 23.8 Å². The second kappa shape index (κ2) is 14.2. The second-order valence-electron chi connectivity index (χ2n) is 12.6. The lowest BCUT2D eigenvalue weighted by atomic mass is 9.97. The van der Waals surface area contributed by atoms with Crippen LogP contribution in [0.25, 0.3) is 22.5 Å². The van der Waals surface area contributed by atoms with Gasteiger partial charge in [0, 0.05) is 37.8 Å². The van der Waals surface area contributed by atoms with Gasteiger partial charge in [-0.05, 0) is 80.3 Å². The van der Waals surface area contributed by atoms with E-state index in [4.69, 9.17) is 14.2 Å². The lowest BCUT2D eigenvalue weighted by Gasteiger charge is -2.24. The molecule has 0 bridgehead atoms. The van der Waals surface area contributed by atoms with E-state index in [9.17, 15) is 28.0 Å². The van der Waals surface area contributed by atoms with E-state index in [1.165, 1.54) is 29.2 Å². The van der Waals surface area contributed by atoms with Crippen molar-refractivity contribution in [1.82, 2.24) is 24.6 Å². The van der Waals surface area contributed by atoms with Crippen LogP contribution in [0.2, 0.25) is 0 Å². The van der Waals surface area contributed by atoms with E-state index < -0.39 is 29.3 Å². The number of nitriles is 1. The molecule has 15 heteroatoms. The molecule has 2 amide bonds. The third kappa shape index (κ3) is 7.86. The Kier molecular flexibility index (Phi) is 10.1. The normalized spacial score (nSPS) is 12.9. The molecule has 1 aliphatic heterocycles. The number of aryl methyl sites for hydroxylation is 1. The van der Waals surface area contributed by atoms with Crippen molar-refractivity contribution in [3.05, 3.63) is 76.6 Å². The fraction of sp³-hybridized carbons (Fsp3) is 0.371. The first-order chi connectivity index (χ1) is 23.6. The van der Waals surface area contributed by atoms with Gasteiger partial charge in [-0.25, -0.2) is 4.79 Å². The number of rotatable bonds is 10. The van der Waals surface area contributed by atoms with Crippen LogP contribution >= 0.6 is 0 Å². The number of likely N-dealkylation sites (N-methyl/N-ethyl adjacent to an activating group) is 1. The van der Waals surface area contributed by atoms with Gasteiger partial charge in [-0.2, -0.15) is 23.4 Å². The molecule has 0 saturated carbocycles. The average Bonchev–Trinajstić information content (AvgIpc) is 3.63. The first kappa shape index (κ1) is 35.8. The summed E-state index contributed by atoms with van der Waals surface area (Å²) in [6.45, 7) is 6.77. The minimum Gasteiger partial charge on any atom is -0.478 e. The van der Waals surface area contributed by atoms with Crippen molar-refractivity contribution in [2.45, 2.75) is 52.6 Å². The highest BCUT2D eigenvalue weighted by Crippen LogP contribution is 2.41. The number of ether oxygens (including phenoxy) is 3. The summed E-state index contributed by atoms with van der Waals surface area (Å²) in [5, 5.41) is 17.7. The summed E-state index contributed by atoms with van der Waals surface area (Å²) in [6, 6.07) is 12.7. The molecule has 0 spiro atoms. The van der Waals surface area contributed by atoms with Crippen LogP contribution in [0, 0.1) is 11.3 Å². The Balaban J connectivity index is 1.46. The number of hydrogen-bond acceptors (Lipinski definition) is 9. The summed E-state index contributed by atoms with van der Waals surface area (Å²) in [7, 11) is 3.28. The summed E-state index contributed by atoms with van der Waals surface area (Å²) in [6.07, 6.45) is -3.80. The Hall–Kier alpha value is -5.49. The maximum Gasteiger partial charge on any atom is 0.416 e. The van der Waals surface area contributed by atoms with Gasteiger partial charge in [-0.15, -0.1) is 10.2 Å². The quantitative estimate of drug-likeness (QED) is 0.174. The highest BCUT2D eigenvalue weighted by atomic mass is 19.4. The number of hydrogen-bond donors (Lipinski definition) is 0. The number of amides is 2. The molecule has 0 saturated heterocycles. The maximum atomic E-state index is 14.4. The van der Waals surface area contributed by atoms with E-state index in [1.807, 2.05) is 0 Å². The van der Waals surface area contributed by atoms with E-state index in [-0.39, 0.29) is 61.3 Å². The monoisotopic (exact) mass is 691 g/mol. The standard InChI is InChI=1S/C35H36F3N7O5/c1-7-49-30-16-23(24-9-8-21(17-39)12-25(24)31-42-40-20-44(31)6)15-29(41-30)45-18-27-26(32(45)46)13-22(14-28(27)35(36,37)38)19-48-11-10-43(5)33(47)50-34(2,3)4/h8-9,12-16,20H,7,10-11,18-19H2,1-6H3. The zero-order valence-electron chi connectivity index (χ0n) is 28.5. The first-order valence-corrected chi connectivity index (χ1v) is 15.7. The van der Waals surface area contributed by atoms with Crippen molar-refractivity contribution in [2.75, 3.05) is 31.7 Å². The number of fused-ring (bicyclic) bond motifs is 1. The second-order valence-corrected chi connectivity index (χ2v) is 12.6. The molecule has 0 fully saturated rings. The van der Waals surface area contributed by atoms with E-state index in [2.05, 4.69) is 21.3 Å². The van der Waals surface area contributed by atoms with Crippen molar-refractivity contribution < 1.29 is 37.0 Å². The SMILES string of the molecule is CCOc1cc(-c2ccc(C#N)cc2-c2nncn2C)cc(N2Cc3c(cc(COCCN(C)C(=O)OC(C)(C)C)cc3C(F)(F)F)C2=O)n1. The topological polar surface area (TPSA) is 136 Å². The lowest BCUT2D eigenvalue weighted by molar-refractivity contribution is -0.138. The molecule has 262 valence electrons. The average molecular weight is 692 g/mol. The molecule has 0 unspecified atom stereocenters. The summed E-state index contributed by atoms with van der Waals surface area (Å²) < 4.78 is 61.6. The number of pyridine rings is 1. The predicted molar refractivity (Wildman–Crippen MR) is 176 cm³/mol. The Labute approximate surface area is 287 Å². The van der Waals surface area contributed by atoms with E-state index >= 15 is 0 Å². The molecular formula is C35H36F3N7O5. The highest BCUT2D eigenvalue weighted by molar-refractivity contribution is 6.10. The van der Waals surface area contributed by atoms with Gasteiger partial charge in [-0.3, -0.25) is 9.69 Å². The number of halogens is 3. The van der Waals surface area contributed by atoms with Crippen LogP contribution in [0.1, 0.15) is 60.3 Å². The largest absolute Gasteiger partial charge is 0.478 e. The molecule has 50 heavy (non-hydrogen) atoms. The third-order valence-electron chi connectivity index (χ3n) is 7.72. The van der Waals surface area contributed by atoms with Gasteiger partial charge in [0.1, 0.15) is 17.7 Å². The molecule has 4 aromatic rings. The number of alkyl halides is 3. The van der Waals surface area contributed by atoms with Gasteiger partial charge in [0.05, 0.1) is 43.6 Å². The van der Waals surface area contributed by atoms with Gasteiger partial charge in [0.15, 0.2) is 5.82 Å². The number of carbonyl (C=O) groups is 2. The predicted octanol–water partition coefficient (Wildman–Crippen LogP) is 6.38. The number of anilines is 1. The fourth-order valence-electron chi connectivity index (χ4n) is 5.40. The molecule has 2 aromatic carbocycles. The van der Waals surface area contributed by atoms with Gasteiger partial charge in [0.25, 0.3) is 5.91 Å². The van der Waals surface area contributed by atoms with Crippen LogP contribution in [0.15, 0.2) is 48.8 Å². The molecule has 12 nitrogen and oxygen atoms in total. The molecule has 3 heterocycles. The molecule has 0 aliphatic carbocycles. The van der Waals surface area contributed by atoms with E-state index in [1.54, 1.807) is 69.6 Å². The zero-order chi connectivity index (χ0) is 36.4. The lowest BCUT2D eigenvalue weighted by Crippen LogP contribution is -2.36. The molecule has 2 aromatic heterocycles. The van der Waals surface area contributed by atoms with Gasteiger partial charge < -0.3 is 23.7 Å². The van der Waals surface area contributed by atoms with Crippen molar-refractivity contribution in [1.29, 1.82) is 5.26 Å². The Bertz CT molecular complexity index is 1960. The van der Waals surface area contributed by atoms with E-state index in [0.29, 0.717) is 28.1 Å². The van der Waals surface area contributed by atoms with Gasteiger partial charge >= 0.3 is 12.3 Å². The molecule has 1 aliphatic rings. The molecule has 0 atom stereocenters. The summed E-state index contributed by atoms with van der Waals surface area (Å²) in [5.74, 6) is 0.0339. The third-order valence-corrected chi connectivity index (χ3v) is 7.72. The first-order valence-electron chi connectivity index (χ1n) is 15.7. The van der Waals surface area contributed by atoms with Crippen molar-refractivity contribution >= 4 is 17.8 Å².